The van der Waals surface area contributed by atoms with Gasteiger partial charge in [0, 0.05) is 17.1 Å². The Morgan fingerprint density at radius 3 is 2.22 bits per heavy atom. The number of carbonyl (C=O) groups excluding carboxylic acids is 2. The minimum Gasteiger partial charge on any atom is -0.508 e. The number of ketones is 1. The van der Waals surface area contributed by atoms with Crippen molar-refractivity contribution >= 4 is 29.1 Å². The molecule has 140 valence electrons. The van der Waals surface area contributed by atoms with E-state index in [1.807, 2.05) is 13.8 Å². The van der Waals surface area contributed by atoms with Crippen molar-refractivity contribution in [3.8, 4) is 5.75 Å². The van der Waals surface area contributed by atoms with E-state index in [1.165, 1.54) is 17.0 Å². The van der Waals surface area contributed by atoms with Gasteiger partial charge in [-0.05, 0) is 47.9 Å². The number of aliphatic hydroxyl groups is 1. The molecule has 3 rings (SSSR count). The highest BCUT2D eigenvalue weighted by Crippen LogP contribution is 2.40. The van der Waals surface area contributed by atoms with Gasteiger partial charge in [0.15, 0.2) is 0 Å². The second-order valence-corrected chi connectivity index (χ2v) is 7.38. The van der Waals surface area contributed by atoms with E-state index < -0.39 is 17.7 Å². The molecule has 1 atom stereocenters. The van der Waals surface area contributed by atoms with E-state index in [1.54, 1.807) is 36.4 Å². The number of nitrogens with zero attached hydrogens (tertiary/aromatic N) is 1. The van der Waals surface area contributed by atoms with Gasteiger partial charge in [0.1, 0.15) is 11.5 Å². The van der Waals surface area contributed by atoms with E-state index in [9.17, 15) is 19.8 Å². The van der Waals surface area contributed by atoms with Gasteiger partial charge in [-0.1, -0.05) is 37.6 Å². The Hall–Kier alpha value is -2.79. The van der Waals surface area contributed by atoms with Gasteiger partial charge in [0.25, 0.3) is 11.7 Å². The number of aromatic hydroxyl groups is 1. The number of benzene rings is 2. The van der Waals surface area contributed by atoms with E-state index in [2.05, 4.69) is 0 Å². The Balaban J connectivity index is 2.17. The highest BCUT2D eigenvalue weighted by atomic mass is 35.5. The van der Waals surface area contributed by atoms with Crippen LogP contribution in [0, 0.1) is 5.92 Å². The van der Waals surface area contributed by atoms with Crippen LogP contribution >= 0.6 is 11.6 Å². The van der Waals surface area contributed by atoms with Gasteiger partial charge in [0.05, 0.1) is 11.6 Å². The fraction of sp³-hybridized carbons (Fsp3) is 0.238. The summed E-state index contributed by atoms with van der Waals surface area (Å²) < 4.78 is 0. The second kappa shape index (κ2) is 7.45. The average molecular weight is 386 g/mol. The van der Waals surface area contributed by atoms with Gasteiger partial charge in [-0.15, -0.1) is 0 Å². The van der Waals surface area contributed by atoms with Crippen molar-refractivity contribution in [3.63, 3.8) is 0 Å². The molecule has 0 spiro atoms. The number of hydrogen-bond acceptors (Lipinski definition) is 4. The third-order valence-electron chi connectivity index (χ3n) is 4.43. The van der Waals surface area contributed by atoms with Gasteiger partial charge in [0.2, 0.25) is 0 Å². The summed E-state index contributed by atoms with van der Waals surface area (Å²) >= 11 is 5.90. The molecule has 2 aromatic rings. The molecule has 1 heterocycles. The molecular formula is C21H20ClNO4. The van der Waals surface area contributed by atoms with Crippen LogP contribution in [0.25, 0.3) is 5.76 Å². The number of carbonyl (C=O) groups is 2. The highest BCUT2D eigenvalue weighted by Gasteiger charge is 2.46. The van der Waals surface area contributed by atoms with Gasteiger partial charge in [-0.25, -0.2) is 0 Å². The predicted octanol–water partition coefficient (Wildman–Crippen LogP) is 4.12. The zero-order valence-electron chi connectivity index (χ0n) is 15.0. The number of phenolic OH excluding ortho intramolecular Hbond substituents is 1. The van der Waals surface area contributed by atoms with Crippen molar-refractivity contribution in [2.45, 2.75) is 19.9 Å². The van der Waals surface area contributed by atoms with Crippen LogP contribution in [0.1, 0.15) is 31.0 Å². The summed E-state index contributed by atoms with van der Waals surface area (Å²) in [6.45, 7) is 4.27. The fourth-order valence-electron chi connectivity index (χ4n) is 3.23. The summed E-state index contributed by atoms with van der Waals surface area (Å²) in [6.07, 6.45) is 0. The van der Waals surface area contributed by atoms with Gasteiger partial charge in [-0.2, -0.15) is 0 Å². The molecule has 0 aromatic heterocycles. The largest absolute Gasteiger partial charge is 0.508 e. The Morgan fingerprint density at radius 1 is 1.07 bits per heavy atom. The van der Waals surface area contributed by atoms with Crippen molar-refractivity contribution in [1.82, 2.24) is 4.90 Å². The predicted molar refractivity (Wildman–Crippen MR) is 103 cm³/mol. The molecule has 0 unspecified atom stereocenters. The Morgan fingerprint density at radius 2 is 1.67 bits per heavy atom. The Labute approximate surface area is 162 Å². The lowest BCUT2D eigenvalue weighted by Crippen LogP contribution is -2.33. The van der Waals surface area contributed by atoms with E-state index >= 15 is 0 Å². The minimum absolute atomic E-state index is 0.0358. The molecule has 1 saturated heterocycles. The number of likely N-dealkylation sites (tertiary alicyclic amines) is 1. The lowest BCUT2D eigenvalue weighted by molar-refractivity contribution is -0.140. The molecule has 1 fully saturated rings. The first kappa shape index (κ1) is 19.0. The summed E-state index contributed by atoms with van der Waals surface area (Å²) in [6, 6.07) is 12.0. The van der Waals surface area contributed by atoms with Gasteiger partial charge >= 0.3 is 0 Å². The first-order valence-corrected chi connectivity index (χ1v) is 9.00. The number of aliphatic hydroxyl groups excluding tert-OH is 1. The van der Waals surface area contributed by atoms with Crippen molar-refractivity contribution in [2.24, 2.45) is 5.92 Å². The summed E-state index contributed by atoms with van der Waals surface area (Å²) in [5.41, 5.74) is 1.09. The molecule has 1 amide bonds. The molecule has 2 aromatic carbocycles. The topological polar surface area (TPSA) is 77.8 Å². The molecule has 6 heteroatoms. The normalized spacial score (nSPS) is 19.1. The van der Waals surface area contributed by atoms with Crippen molar-refractivity contribution in [3.05, 3.63) is 70.3 Å². The number of Topliss-reactive ketones (excluding diaryl/α,β-unsaturated/α-hetero) is 1. The zero-order valence-corrected chi connectivity index (χ0v) is 15.8. The summed E-state index contributed by atoms with van der Waals surface area (Å²) in [5.74, 6) is -1.39. The van der Waals surface area contributed by atoms with E-state index in [0.717, 1.165) is 0 Å². The Kier molecular flexibility index (Phi) is 5.24. The van der Waals surface area contributed by atoms with E-state index in [0.29, 0.717) is 22.7 Å². The van der Waals surface area contributed by atoms with E-state index in [4.69, 9.17) is 11.6 Å². The summed E-state index contributed by atoms with van der Waals surface area (Å²) in [5, 5.41) is 20.9. The van der Waals surface area contributed by atoms with Crippen molar-refractivity contribution < 1.29 is 19.8 Å². The number of rotatable bonds is 4. The van der Waals surface area contributed by atoms with Gasteiger partial charge < -0.3 is 15.1 Å². The summed E-state index contributed by atoms with van der Waals surface area (Å²) in [4.78, 5) is 26.9. The molecular weight excluding hydrogens is 366 g/mol. The van der Waals surface area contributed by atoms with Crippen molar-refractivity contribution in [1.29, 1.82) is 0 Å². The highest BCUT2D eigenvalue weighted by molar-refractivity contribution is 6.46. The smallest absolute Gasteiger partial charge is 0.295 e. The average Bonchev–Trinajstić information content (AvgIpc) is 2.87. The zero-order chi connectivity index (χ0) is 19.7. The first-order valence-electron chi connectivity index (χ1n) is 8.63. The van der Waals surface area contributed by atoms with Crippen LogP contribution in [0.4, 0.5) is 0 Å². The second-order valence-electron chi connectivity index (χ2n) is 6.94. The monoisotopic (exact) mass is 385 g/mol. The maximum Gasteiger partial charge on any atom is 0.295 e. The molecule has 1 aliphatic heterocycles. The number of amides is 1. The number of halogens is 1. The molecule has 0 saturated carbocycles. The SMILES string of the molecule is CC(C)CN1C(=O)C(=O)C(=C(O)c2ccc(Cl)cc2)[C@@H]1c1ccc(O)cc1. The molecule has 2 N–H and O–H groups in total. The maximum absolute atomic E-state index is 12.7. The Bertz CT molecular complexity index is 901. The summed E-state index contributed by atoms with van der Waals surface area (Å²) in [7, 11) is 0. The molecule has 0 aliphatic carbocycles. The lowest BCUT2D eigenvalue weighted by Gasteiger charge is -2.26. The molecule has 5 nitrogen and oxygen atoms in total. The fourth-order valence-corrected chi connectivity index (χ4v) is 3.35. The van der Waals surface area contributed by atoms with Crippen LogP contribution in [-0.4, -0.2) is 33.3 Å². The van der Waals surface area contributed by atoms with E-state index in [-0.39, 0.29) is 23.0 Å². The number of phenols is 1. The van der Waals surface area contributed by atoms with Crippen LogP contribution in [-0.2, 0) is 9.59 Å². The quantitative estimate of drug-likeness (QED) is 0.471. The maximum atomic E-state index is 12.7. The first-order chi connectivity index (χ1) is 12.8. The molecule has 27 heavy (non-hydrogen) atoms. The van der Waals surface area contributed by atoms with Crippen LogP contribution < -0.4 is 0 Å². The lowest BCUT2D eigenvalue weighted by atomic mass is 9.95. The third kappa shape index (κ3) is 3.69. The van der Waals surface area contributed by atoms with Crippen LogP contribution in [0.3, 0.4) is 0 Å². The molecule has 1 aliphatic rings. The van der Waals surface area contributed by atoms with Gasteiger partial charge in [-0.3, -0.25) is 9.59 Å². The van der Waals surface area contributed by atoms with Crippen LogP contribution in [0.15, 0.2) is 54.1 Å². The van der Waals surface area contributed by atoms with Crippen molar-refractivity contribution in [2.75, 3.05) is 6.54 Å². The minimum atomic E-state index is -0.721. The van der Waals surface area contributed by atoms with Crippen LogP contribution in [0.2, 0.25) is 5.02 Å². The number of hydrogen-bond donors (Lipinski definition) is 2. The molecule has 0 bridgehead atoms. The van der Waals surface area contributed by atoms with Crippen LogP contribution in [0.5, 0.6) is 5.75 Å². The third-order valence-corrected chi connectivity index (χ3v) is 4.68. The standard InChI is InChI=1S/C21H20ClNO4/c1-12(2)11-23-18(13-5-9-16(24)10-6-13)17(20(26)21(23)27)19(25)14-3-7-15(22)8-4-14/h3-10,12,18,24-25H,11H2,1-2H3/t18-/m0/s1. The molecule has 0 radical (unpaired) electrons.